The van der Waals surface area contributed by atoms with Crippen molar-refractivity contribution in [1.29, 1.82) is 0 Å². The van der Waals surface area contributed by atoms with Crippen LogP contribution in [0.1, 0.15) is 226 Å². The Labute approximate surface area is 320 Å². The third-order valence-electron chi connectivity index (χ3n) is 9.57. The van der Waals surface area contributed by atoms with Crippen molar-refractivity contribution < 1.29 is 37.6 Å². The predicted molar refractivity (Wildman–Crippen MR) is 216 cm³/mol. The third-order valence-corrected chi connectivity index (χ3v) is 10.6. The molecule has 0 aliphatic carbocycles. The van der Waals surface area contributed by atoms with E-state index in [2.05, 4.69) is 26.0 Å². The van der Waals surface area contributed by atoms with E-state index in [-0.39, 0.29) is 25.6 Å². The first-order chi connectivity index (χ1) is 25.3. The van der Waals surface area contributed by atoms with E-state index in [1.54, 1.807) is 6.92 Å². The molecule has 1 N–H and O–H groups in total. The summed E-state index contributed by atoms with van der Waals surface area (Å²) in [7, 11) is -4.28. The summed E-state index contributed by atoms with van der Waals surface area (Å²) in [5, 5.41) is 0. The van der Waals surface area contributed by atoms with Gasteiger partial charge in [0.05, 0.1) is 13.2 Å². The second kappa shape index (κ2) is 39.5. The van der Waals surface area contributed by atoms with Gasteiger partial charge >= 0.3 is 19.8 Å². The van der Waals surface area contributed by atoms with E-state index >= 15 is 0 Å². The molecule has 0 amide bonds. The highest BCUT2D eigenvalue weighted by Gasteiger charge is 2.25. The van der Waals surface area contributed by atoms with Crippen molar-refractivity contribution in [2.45, 2.75) is 232 Å². The second-order valence-electron chi connectivity index (χ2n) is 14.7. The van der Waals surface area contributed by atoms with E-state index in [1.807, 2.05) is 0 Å². The maximum absolute atomic E-state index is 12.5. The molecule has 0 aromatic heterocycles. The largest absolute Gasteiger partial charge is 0.472 e. The Hall–Kier alpha value is -1.21. The highest BCUT2D eigenvalue weighted by atomic mass is 31.2. The van der Waals surface area contributed by atoms with Crippen LogP contribution >= 0.6 is 7.82 Å². The number of phosphoric acid groups is 1. The Balaban J connectivity index is 4.05. The number of unbranched alkanes of at least 4 members (excludes halogenated alkanes) is 27. The number of hydrogen-bond acceptors (Lipinski definition) is 7. The SMILES string of the molecule is CCCCCCCC/C=C\CCCCCCCC(=O)OC(COC(=O)CCCCCCCCCCCCCCCCCCC)COP(=O)(O)OCC. The van der Waals surface area contributed by atoms with Crippen LogP contribution in [0.25, 0.3) is 0 Å². The van der Waals surface area contributed by atoms with Gasteiger partial charge in [-0.25, -0.2) is 4.57 Å². The molecule has 0 heterocycles. The Kier molecular flexibility index (Phi) is 38.6. The lowest BCUT2D eigenvalue weighted by molar-refractivity contribution is -0.161. The number of carbonyl (C=O) groups excluding carboxylic acids is 2. The van der Waals surface area contributed by atoms with Crippen LogP contribution in [-0.4, -0.2) is 42.8 Å². The second-order valence-corrected chi connectivity index (χ2v) is 16.2. The fourth-order valence-electron chi connectivity index (χ4n) is 6.33. The Morgan fingerprint density at radius 2 is 0.865 bits per heavy atom. The quantitative estimate of drug-likeness (QED) is 0.0284. The number of rotatable bonds is 41. The molecular weight excluding hydrogens is 675 g/mol. The van der Waals surface area contributed by atoms with Crippen LogP contribution in [-0.2, 0) is 32.7 Å². The first-order valence-corrected chi connectivity index (χ1v) is 23.5. The molecule has 0 aliphatic rings. The van der Waals surface area contributed by atoms with Gasteiger partial charge in [-0.05, 0) is 45.4 Å². The standard InChI is InChI=1S/C43H83O8P/c1-4-7-9-11-13-15-17-19-21-22-24-25-27-29-31-33-35-37-42(44)48-39-41(40-50-52(46,47)49-6-3)51-43(45)38-36-34-32-30-28-26-23-20-18-16-14-12-10-8-5-2/h20,23,41H,4-19,21-22,24-40H2,1-3H3,(H,46,47)/b23-20-. The summed E-state index contributed by atoms with van der Waals surface area (Å²) in [5.74, 6) is -0.795. The highest BCUT2D eigenvalue weighted by Crippen LogP contribution is 2.43. The zero-order valence-electron chi connectivity index (χ0n) is 34.2. The maximum Gasteiger partial charge on any atom is 0.472 e. The molecule has 52 heavy (non-hydrogen) atoms. The molecule has 8 nitrogen and oxygen atoms in total. The summed E-state index contributed by atoms with van der Waals surface area (Å²) in [6.07, 6.45) is 41.2. The molecule has 0 saturated carbocycles. The predicted octanol–water partition coefficient (Wildman–Crippen LogP) is 13.7. The number of esters is 2. The van der Waals surface area contributed by atoms with Gasteiger partial charge in [-0.3, -0.25) is 18.6 Å². The van der Waals surface area contributed by atoms with E-state index < -0.39 is 26.5 Å². The Bertz CT molecular complexity index is 864. The van der Waals surface area contributed by atoms with Crippen LogP contribution in [0.3, 0.4) is 0 Å². The normalized spacial score (nSPS) is 13.4. The number of phosphoric ester groups is 1. The van der Waals surface area contributed by atoms with E-state index in [1.165, 1.54) is 135 Å². The van der Waals surface area contributed by atoms with Gasteiger partial charge < -0.3 is 14.4 Å². The molecule has 0 aromatic rings. The van der Waals surface area contributed by atoms with Crippen LogP contribution in [0.15, 0.2) is 12.2 Å². The van der Waals surface area contributed by atoms with Crippen LogP contribution in [0, 0.1) is 0 Å². The monoisotopic (exact) mass is 759 g/mol. The van der Waals surface area contributed by atoms with Crippen LogP contribution in [0.2, 0.25) is 0 Å². The lowest BCUT2D eigenvalue weighted by Crippen LogP contribution is -2.29. The molecule has 0 rings (SSSR count). The summed E-state index contributed by atoms with van der Waals surface area (Å²) < 4.78 is 32.6. The molecule has 0 bridgehead atoms. The van der Waals surface area contributed by atoms with Crippen molar-refractivity contribution in [2.24, 2.45) is 0 Å². The minimum atomic E-state index is -4.28. The zero-order valence-corrected chi connectivity index (χ0v) is 35.1. The molecule has 2 atom stereocenters. The summed E-state index contributed by atoms with van der Waals surface area (Å²) >= 11 is 0. The van der Waals surface area contributed by atoms with E-state index in [0.717, 1.165) is 51.4 Å². The molecule has 0 saturated heterocycles. The van der Waals surface area contributed by atoms with Gasteiger partial charge in [-0.1, -0.05) is 180 Å². The summed E-state index contributed by atoms with van der Waals surface area (Å²) in [6.45, 7) is 5.49. The Morgan fingerprint density at radius 1 is 0.500 bits per heavy atom. The van der Waals surface area contributed by atoms with Crippen LogP contribution in [0.4, 0.5) is 0 Å². The molecule has 0 aromatic carbocycles. The number of carbonyl (C=O) groups is 2. The molecule has 0 fully saturated rings. The minimum Gasteiger partial charge on any atom is -0.462 e. The summed E-state index contributed by atoms with van der Waals surface area (Å²) in [5.41, 5.74) is 0. The fourth-order valence-corrected chi connectivity index (χ4v) is 7.09. The van der Waals surface area contributed by atoms with Crippen molar-refractivity contribution in [3.05, 3.63) is 12.2 Å². The summed E-state index contributed by atoms with van der Waals surface area (Å²) in [4.78, 5) is 34.7. The maximum atomic E-state index is 12.5. The van der Waals surface area contributed by atoms with Crippen molar-refractivity contribution in [2.75, 3.05) is 19.8 Å². The molecule has 0 aliphatic heterocycles. The Morgan fingerprint density at radius 3 is 1.27 bits per heavy atom. The molecule has 0 radical (unpaired) electrons. The highest BCUT2D eigenvalue weighted by molar-refractivity contribution is 7.47. The third kappa shape index (κ3) is 38.5. The first kappa shape index (κ1) is 50.8. The average molecular weight is 759 g/mol. The molecular formula is C43H83O8P. The van der Waals surface area contributed by atoms with Crippen LogP contribution in [0.5, 0.6) is 0 Å². The topological polar surface area (TPSA) is 108 Å². The minimum absolute atomic E-state index is 0.00204. The van der Waals surface area contributed by atoms with Gasteiger partial charge in [-0.2, -0.15) is 0 Å². The summed E-state index contributed by atoms with van der Waals surface area (Å²) in [6, 6.07) is 0. The number of ether oxygens (including phenoxy) is 2. The van der Waals surface area contributed by atoms with Gasteiger partial charge in [0.2, 0.25) is 0 Å². The molecule has 2 unspecified atom stereocenters. The molecule has 0 spiro atoms. The van der Waals surface area contributed by atoms with E-state index in [9.17, 15) is 19.0 Å². The van der Waals surface area contributed by atoms with Crippen molar-refractivity contribution in [1.82, 2.24) is 0 Å². The van der Waals surface area contributed by atoms with Gasteiger partial charge in [-0.15, -0.1) is 0 Å². The lowest BCUT2D eigenvalue weighted by Gasteiger charge is -2.19. The zero-order chi connectivity index (χ0) is 38.2. The fraction of sp³-hybridized carbons (Fsp3) is 0.907. The van der Waals surface area contributed by atoms with Gasteiger partial charge in [0.1, 0.15) is 6.61 Å². The van der Waals surface area contributed by atoms with Crippen molar-refractivity contribution in [3.63, 3.8) is 0 Å². The van der Waals surface area contributed by atoms with Gasteiger partial charge in [0.15, 0.2) is 6.10 Å². The first-order valence-electron chi connectivity index (χ1n) is 22.0. The average Bonchev–Trinajstić information content (AvgIpc) is 3.12. The van der Waals surface area contributed by atoms with E-state index in [0.29, 0.717) is 12.8 Å². The van der Waals surface area contributed by atoms with Crippen molar-refractivity contribution in [3.8, 4) is 0 Å². The number of hydrogen-bond donors (Lipinski definition) is 1. The van der Waals surface area contributed by atoms with Gasteiger partial charge in [0.25, 0.3) is 0 Å². The van der Waals surface area contributed by atoms with Gasteiger partial charge in [0, 0.05) is 12.8 Å². The number of allylic oxidation sites excluding steroid dienone is 2. The molecule has 9 heteroatoms. The lowest BCUT2D eigenvalue weighted by atomic mass is 10.0. The van der Waals surface area contributed by atoms with Crippen molar-refractivity contribution >= 4 is 19.8 Å². The molecule has 308 valence electrons. The van der Waals surface area contributed by atoms with Crippen LogP contribution < -0.4 is 0 Å². The van der Waals surface area contributed by atoms with E-state index in [4.69, 9.17) is 18.5 Å². The smallest absolute Gasteiger partial charge is 0.462 e.